The number of carbonyl (C=O) groups is 1. The maximum atomic E-state index is 12.1. The summed E-state index contributed by atoms with van der Waals surface area (Å²) in [5, 5.41) is 22.4. The van der Waals surface area contributed by atoms with Crippen LogP contribution in [0.1, 0.15) is 42.2 Å². The van der Waals surface area contributed by atoms with Gasteiger partial charge in [0, 0.05) is 0 Å². The van der Waals surface area contributed by atoms with Crippen molar-refractivity contribution in [3.8, 4) is 0 Å². The lowest BCUT2D eigenvalue weighted by Crippen LogP contribution is -2.31. The summed E-state index contributed by atoms with van der Waals surface area (Å²) in [6, 6.07) is 16.4. The number of rotatable bonds is 7. The van der Waals surface area contributed by atoms with Gasteiger partial charge in [-0.1, -0.05) is 61.5 Å². The summed E-state index contributed by atoms with van der Waals surface area (Å²) in [4.78, 5) is 12.1. The summed E-state index contributed by atoms with van der Waals surface area (Å²) in [5.41, 5.74) is 2.76. The van der Waals surface area contributed by atoms with Gasteiger partial charge in [-0.3, -0.25) is 4.79 Å². The molecule has 2 aromatic carbocycles. The van der Waals surface area contributed by atoms with Crippen LogP contribution in [0.2, 0.25) is 0 Å². The maximum absolute atomic E-state index is 12.1. The van der Waals surface area contributed by atoms with Gasteiger partial charge >= 0.3 is 0 Å². The van der Waals surface area contributed by atoms with E-state index in [0.717, 1.165) is 12.0 Å². The fraction of sp³-hybridized carbons (Fsp3) is 0.316. The molecule has 2 unspecified atom stereocenters. The van der Waals surface area contributed by atoms with Crippen molar-refractivity contribution < 1.29 is 15.0 Å². The SMILES string of the molecule is CCc1ccc(C(CO)NC(=O)CC(O)c2ccccc2)cc1. The van der Waals surface area contributed by atoms with Crippen LogP contribution in [0.3, 0.4) is 0 Å². The number of amides is 1. The molecule has 122 valence electrons. The Bertz CT molecular complexity index is 610. The van der Waals surface area contributed by atoms with Gasteiger partial charge in [0.2, 0.25) is 5.91 Å². The molecule has 4 heteroatoms. The fourth-order valence-corrected chi connectivity index (χ4v) is 2.44. The number of benzene rings is 2. The van der Waals surface area contributed by atoms with Crippen molar-refractivity contribution in [2.24, 2.45) is 0 Å². The zero-order valence-electron chi connectivity index (χ0n) is 13.3. The molecule has 0 aromatic heterocycles. The Morgan fingerprint density at radius 3 is 2.26 bits per heavy atom. The van der Waals surface area contributed by atoms with Crippen LogP contribution in [0.5, 0.6) is 0 Å². The van der Waals surface area contributed by atoms with E-state index in [9.17, 15) is 15.0 Å². The number of aryl methyl sites for hydroxylation is 1. The van der Waals surface area contributed by atoms with Gasteiger partial charge in [-0.25, -0.2) is 0 Å². The molecule has 2 rings (SSSR count). The van der Waals surface area contributed by atoms with E-state index < -0.39 is 12.1 Å². The van der Waals surface area contributed by atoms with Crippen LogP contribution in [-0.2, 0) is 11.2 Å². The zero-order valence-corrected chi connectivity index (χ0v) is 13.3. The fourth-order valence-electron chi connectivity index (χ4n) is 2.44. The van der Waals surface area contributed by atoms with Crippen molar-refractivity contribution in [1.82, 2.24) is 5.32 Å². The number of hydrogen-bond acceptors (Lipinski definition) is 3. The first-order valence-electron chi connectivity index (χ1n) is 7.86. The number of aliphatic hydroxyl groups excluding tert-OH is 2. The van der Waals surface area contributed by atoms with Crippen molar-refractivity contribution >= 4 is 5.91 Å². The summed E-state index contributed by atoms with van der Waals surface area (Å²) < 4.78 is 0. The predicted molar refractivity (Wildman–Crippen MR) is 89.8 cm³/mol. The van der Waals surface area contributed by atoms with Crippen molar-refractivity contribution in [3.05, 3.63) is 71.3 Å². The van der Waals surface area contributed by atoms with Crippen LogP contribution >= 0.6 is 0 Å². The molecule has 0 aliphatic heterocycles. The van der Waals surface area contributed by atoms with E-state index in [1.54, 1.807) is 12.1 Å². The zero-order chi connectivity index (χ0) is 16.7. The Morgan fingerprint density at radius 2 is 1.70 bits per heavy atom. The molecule has 0 spiro atoms. The molecule has 0 radical (unpaired) electrons. The number of nitrogens with one attached hydrogen (secondary N) is 1. The number of carbonyl (C=O) groups excluding carboxylic acids is 1. The van der Waals surface area contributed by atoms with Crippen LogP contribution in [0, 0.1) is 0 Å². The molecule has 1 amide bonds. The highest BCUT2D eigenvalue weighted by Gasteiger charge is 2.17. The molecule has 0 heterocycles. The maximum Gasteiger partial charge on any atom is 0.223 e. The molecule has 23 heavy (non-hydrogen) atoms. The van der Waals surface area contributed by atoms with Gasteiger partial charge in [0.05, 0.1) is 25.2 Å². The van der Waals surface area contributed by atoms with Crippen LogP contribution in [0.4, 0.5) is 0 Å². The highest BCUT2D eigenvalue weighted by Crippen LogP contribution is 2.18. The Labute approximate surface area is 136 Å². The van der Waals surface area contributed by atoms with Gasteiger partial charge in [0.25, 0.3) is 0 Å². The molecule has 0 bridgehead atoms. The first-order chi connectivity index (χ1) is 11.1. The molecule has 0 saturated heterocycles. The van der Waals surface area contributed by atoms with Gasteiger partial charge in [-0.05, 0) is 23.1 Å². The Kier molecular flexibility index (Phi) is 6.32. The largest absolute Gasteiger partial charge is 0.394 e. The lowest BCUT2D eigenvalue weighted by atomic mass is 10.0. The minimum Gasteiger partial charge on any atom is -0.394 e. The molecule has 0 aliphatic carbocycles. The topological polar surface area (TPSA) is 69.6 Å². The van der Waals surface area contributed by atoms with E-state index in [0.29, 0.717) is 5.56 Å². The number of aliphatic hydroxyl groups is 2. The second kappa shape index (κ2) is 8.46. The molecule has 3 N–H and O–H groups in total. The molecular weight excluding hydrogens is 290 g/mol. The Balaban J connectivity index is 1.96. The summed E-state index contributed by atoms with van der Waals surface area (Å²) in [7, 11) is 0. The van der Waals surface area contributed by atoms with Gasteiger partial charge in [-0.2, -0.15) is 0 Å². The van der Waals surface area contributed by atoms with E-state index in [4.69, 9.17) is 0 Å². The second-order valence-electron chi connectivity index (χ2n) is 5.53. The summed E-state index contributed by atoms with van der Waals surface area (Å²) in [6.07, 6.45) is 0.0609. The predicted octanol–water partition coefficient (Wildman–Crippen LogP) is 2.52. The van der Waals surface area contributed by atoms with Gasteiger partial charge < -0.3 is 15.5 Å². The van der Waals surface area contributed by atoms with Crippen LogP contribution in [0.15, 0.2) is 54.6 Å². The first kappa shape index (κ1) is 17.2. The molecule has 2 atom stereocenters. The van der Waals surface area contributed by atoms with Crippen molar-refractivity contribution in [3.63, 3.8) is 0 Å². The summed E-state index contributed by atoms with van der Waals surface area (Å²) in [6.45, 7) is 1.89. The lowest BCUT2D eigenvalue weighted by molar-refractivity contribution is -0.124. The van der Waals surface area contributed by atoms with Gasteiger partial charge in [0.1, 0.15) is 0 Å². The van der Waals surface area contributed by atoms with Crippen LogP contribution in [-0.4, -0.2) is 22.7 Å². The minimum absolute atomic E-state index is 0.0342. The lowest BCUT2D eigenvalue weighted by Gasteiger charge is -2.18. The summed E-state index contributed by atoms with van der Waals surface area (Å²) >= 11 is 0. The molecular formula is C19H23NO3. The van der Waals surface area contributed by atoms with Crippen molar-refractivity contribution in [1.29, 1.82) is 0 Å². The minimum atomic E-state index is -0.849. The van der Waals surface area contributed by atoms with E-state index in [2.05, 4.69) is 12.2 Å². The standard InChI is InChI=1S/C19H23NO3/c1-2-14-8-10-15(11-9-14)17(13-21)20-19(23)12-18(22)16-6-4-3-5-7-16/h3-11,17-18,21-22H,2,12-13H2,1H3,(H,20,23). The third-order valence-electron chi connectivity index (χ3n) is 3.87. The van der Waals surface area contributed by atoms with Crippen LogP contribution in [0.25, 0.3) is 0 Å². The normalized spacial score (nSPS) is 13.3. The Morgan fingerprint density at radius 1 is 1.04 bits per heavy atom. The molecule has 2 aromatic rings. The van der Waals surface area contributed by atoms with E-state index in [1.807, 2.05) is 42.5 Å². The van der Waals surface area contributed by atoms with E-state index in [1.165, 1.54) is 5.56 Å². The molecule has 0 fully saturated rings. The molecule has 0 aliphatic rings. The first-order valence-corrected chi connectivity index (χ1v) is 7.86. The molecule has 0 saturated carbocycles. The highest BCUT2D eigenvalue weighted by molar-refractivity contribution is 5.77. The van der Waals surface area contributed by atoms with Gasteiger partial charge in [-0.15, -0.1) is 0 Å². The quantitative estimate of drug-likeness (QED) is 0.735. The van der Waals surface area contributed by atoms with Crippen molar-refractivity contribution in [2.75, 3.05) is 6.61 Å². The highest BCUT2D eigenvalue weighted by atomic mass is 16.3. The average Bonchev–Trinajstić information content (AvgIpc) is 2.60. The molecule has 4 nitrogen and oxygen atoms in total. The van der Waals surface area contributed by atoms with Crippen molar-refractivity contribution in [2.45, 2.75) is 31.9 Å². The van der Waals surface area contributed by atoms with Crippen LogP contribution < -0.4 is 5.32 Å². The average molecular weight is 313 g/mol. The smallest absolute Gasteiger partial charge is 0.223 e. The monoisotopic (exact) mass is 313 g/mol. The van der Waals surface area contributed by atoms with E-state index >= 15 is 0 Å². The third kappa shape index (κ3) is 4.91. The third-order valence-corrected chi connectivity index (χ3v) is 3.87. The second-order valence-corrected chi connectivity index (χ2v) is 5.53. The Hall–Kier alpha value is -2.17. The van der Waals surface area contributed by atoms with Gasteiger partial charge in [0.15, 0.2) is 0 Å². The summed E-state index contributed by atoms with van der Waals surface area (Å²) in [5.74, 6) is -0.292. The van der Waals surface area contributed by atoms with E-state index in [-0.39, 0.29) is 18.9 Å². The number of hydrogen-bond donors (Lipinski definition) is 3.